The molecule has 2 rings (SSSR count). The Morgan fingerprint density at radius 3 is 2.80 bits per heavy atom. The van der Waals surface area contributed by atoms with Gasteiger partial charge in [0.2, 0.25) is 5.91 Å². The smallest absolute Gasteiger partial charge is 0.343 e. The first kappa shape index (κ1) is 15.1. The number of nitrogens with two attached hydrogens (primary N) is 1. The number of carbonyl (C=O) groups is 1. The van der Waals surface area contributed by atoms with E-state index in [2.05, 4.69) is 15.5 Å². The van der Waals surface area contributed by atoms with Gasteiger partial charge in [-0.25, -0.2) is 9.89 Å². The second-order valence-corrected chi connectivity index (χ2v) is 5.93. The van der Waals surface area contributed by atoms with E-state index in [-0.39, 0.29) is 17.5 Å². The van der Waals surface area contributed by atoms with Crippen LogP contribution in [-0.4, -0.2) is 38.5 Å². The fraction of sp³-hybridized carbons (Fsp3) is 0.750. The number of rotatable bonds is 8. The molecule has 1 heterocycles. The third-order valence-electron chi connectivity index (χ3n) is 3.67. The minimum atomic E-state index is -0.701. The summed E-state index contributed by atoms with van der Waals surface area (Å²) in [6, 6.07) is 0. The number of thioether (sulfide) groups is 1. The van der Waals surface area contributed by atoms with Crippen LogP contribution in [0.25, 0.3) is 0 Å². The predicted octanol–water partition coefficient (Wildman–Crippen LogP) is -0.0730. The van der Waals surface area contributed by atoms with E-state index < -0.39 is 5.54 Å². The van der Waals surface area contributed by atoms with Crippen LogP contribution in [0.5, 0.6) is 0 Å². The third-order valence-corrected chi connectivity index (χ3v) is 4.84. The van der Waals surface area contributed by atoms with Crippen molar-refractivity contribution >= 4 is 17.7 Å². The summed E-state index contributed by atoms with van der Waals surface area (Å²) in [7, 11) is 0. The number of aromatic amines is 1. The van der Waals surface area contributed by atoms with E-state index in [1.165, 1.54) is 11.8 Å². The Kier molecular flexibility index (Phi) is 4.54. The number of hydrogen-bond donors (Lipinski definition) is 3. The van der Waals surface area contributed by atoms with Gasteiger partial charge in [0.1, 0.15) is 5.54 Å². The molecule has 1 saturated carbocycles. The van der Waals surface area contributed by atoms with E-state index in [0.717, 1.165) is 12.8 Å². The summed E-state index contributed by atoms with van der Waals surface area (Å²) >= 11 is 1.39. The van der Waals surface area contributed by atoms with Crippen molar-refractivity contribution in [3.05, 3.63) is 10.5 Å². The summed E-state index contributed by atoms with van der Waals surface area (Å²) in [6.07, 6.45) is 2.02. The van der Waals surface area contributed by atoms with E-state index >= 15 is 0 Å². The maximum Gasteiger partial charge on any atom is 0.343 e. The highest BCUT2D eigenvalue weighted by Crippen LogP contribution is 2.42. The molecule has 0 radical (unpaired) electrons. The number of primary amides is 1. The van der Waals surface area contributed by atoms with Crippen LogP contribution < -0.4 is 16.7 Å². The van der Waals surface area contributed by atoms with Gasteiger partial charge in [0.15, 0.2) is 5.16 Å². The largest absolute Gasteiger partial charge is 0.368 e. The number of amides is 1. The average Bonchev–Trinajstić information content (AvgIpc) is 3.19. The molecule has 8 heteroatoms. The maximum absolute atomic E-state index is 11.9. The van der Waals surface area contributed by atoms with Gasteiger partial charge >= 0.3 is 5.69 Å². The van der Waals surface area contributed by atoms with E-state index in [4.69, 9.17) is 5.73 Å². The standard InChI is InChI=1S/C12H21N5O2S/c1-3-14-12(9(13)18,8-5-6-8)7-20-11-16-15-10(19)17(11)4-2/h8,14H,3-7H2,1-2H3,(H2,13,18)(H,15,19). The molecule has 7 nitrogen and oxygen atoms in total. The van der Waals surface area contributed by atoms with Crippen molar-refractivity contribution in [3.8, 4) is 0 Å². The second kappa shape index (κ2) is 6.01. The molecule has 20 heavy (non-hydrogen) atoms. The van der Waals surface area contributed by atoms with Crippen LogP contribution in [0.2, 0.25) is 0 Å². The molecular weight excluding hydrogens is 278 g/mol. The number of nitrogens with one attached hydrogen (secondary N) is 2. The molecule has 0 spiro atoms. The van der Waals surface area contributed by atoms with Gasteiger partial charge in [-0.05, 0) is 32.2 Å². The number of nitrogens with zero attached hydrogens (tertiary/aromatic N) is 2. The van der Waals surface area contributed by atoms with Crippen molar-refractivity contribution in [3.63, 3.8) is 0 Å². The first-order valence-corrected chi connectivity index (χ1v) is 7.86. The Balaban J connectivity index is 2.16. The van der Waals surface area contributed by atoms with E-state index in [0.29, 0.717) is 24.0 Å². The summed E-state index contributed by atoms with van der Waals surface area (Å²) < 4.78 is 1.55. The van der Waals surface area contributed by atoms with Gasteiger partial charge in [-0.15, -0.1) is 5.10 Å². The number of H-pyrrole nitrogens is 1. The molecule has 0 aliphatic heterocycles. The zero-order valence-corrected chi connectivity index (χ0v) is 12.6. The average molecular weight is 299 g/mol. The highest BCUT2D eigenvalue weighted by atomic mass is 32.2. The SMILES string of the molecule is CCNC(CSc1n[nH]c(=O)n1CC)(C(N)=O)C1CC1. The first-order chi connectivity index (χ1) is 9.55. The normalized spacial score (nSPS) is 17.9. The lowest BCUT2D eigenvalue weighted by Gasteiger charge is -2.31. The Morgan fingerprint density at radius 1 is 1.60 bits per heavy atom. The minimum absolute atomic E-state index is 0.227. The van der Waals surface area contributed by atoms with Crippen molar-refractivity contribution in [1.29, 1.82) is 0 Å². The molecule has 1 aromatic rings. The van der Waals surface area contributed by atoms with Crippen molar-refractivity contribution in [1.82, 2.24) is 20.1 Å². The Morgan fingerprint density at radius 2 is 2.30 bits per heavy atom. The molecule has 4 N–H and O–H groups in total. The molecule has 1 amide bonds. The molecule has 1 aliphatic rings. The van der Waals surface area contributed by atoms with Crippen molar-refractivity contribution < 1.29 is 4.79 Å². The first-order valence-electron chi connectivity index (χ1n) is 6.88. The molecular formula is C12H21N5O2S. The van der Waals surface area contributed by atoms with Crippen LogP contribution in [-0.2, 0) is 11.3 Å². The summed E-state index contributed by atoms with van der Waals surface area (Å²) in [5.41, 5.74) is 4.70. The second-order valence-electron chi connectivity index (χ2n) is 4.98. The maximum atomic E-state index is 11.9. The van der Waals surface area contributed by atoms with Crippen LogP contribution in [0.15, 0.2) is 9.95 Å². The van der Waals surface area contributed by atoms with Gasteiger partial charge in [-0.3, -0.25) is 9.36 Å². The molecule has 0 saturated heterocycles. The highest BCUT2D eigenvalue weighted by molar-refractivity contribution is 7.99. The molecule has 1 aromatic heterocycles. The van der Waals surface area contributed by atoms with E-state index in [9.17, 15) is 9.59 Å². The summed E-state index contributed by atoms with van der Waals surface area (Å²) in [5.74, 6) is 0.453. The van der Waals surface area contributed by atoms with Crippen molar-refractivity contribution in [2.75, 3.05) is 12.3 Å². The topological polar surface area (TPSA) is 106 Å². The van der Waals surface area contributed by atoms with Crippen molar-refractivity contribution in [2.45, 2.75) is 43.9 Å². The zero-order valence-electron chi connectivity index (χ0n) is 11.8. The molecule has 1 atom stereocenters. The van der Waals surface area contributed by atoms with E-state index in [1.807, 2.05) is 13.8 Å². The van der Waals surface area contributed by atoms with E-state index in [1.54, 1.807) is 4.57 Å². The lowest BCUT2D eigenvalue weighted by atomic mass is 9.94. The number of hydrogen-bond acceptors (Lipinski definition) is 5. The lowest BCUT2D eigenvalue weighted by Crippen LogP contribution is -2.59. The number of carbonyl (C=O) groups excluding carboxylic acids is 1. The highest BCUT2D eigenvalue weighted by Gasteiger charge is 2.49. The van der Waals surface area contributed by atoms with Crippen LogP contribution in [0.4, 0.5) is 0 Å². The van der Waals surface area contributed by atoms with Gasteiger partial charge in [0.05, 0.1) is 0 Å². The molecule has 112 valence electrons. The van der Waals surface area contributed by atoms with Crippen LogP contribution in [0, 0.1) is 5.92 Å². The van der Waals surface area contributed by atoms with Gasteiger partial charge in [0, 0.05) is 12.3 Å². The lowest BCUT2D eigenvalue weighted by molar-refractivity contribution is -0.124. The number of likely N-dealkylation sites (N-methyl/N-ethyl adjacent to an activating group) is 1. The summed E-state index contributed by atoms with van der Waals surface area (Å²) in [6.45, 7) is 5.07. The zero-order chi connectivity index (χ0) is 14.8. The molecule has 1 unspecified atom stereocenters. The Hall–Kier alpha value is -1.28. The van der Waals surface area contributed by atoms with Gasteiger partial charge < -0.3 is 11.1 Å². The molecule has 1 aliphatic carbocycles. The molecule has 0 aromatic carbocycles. The molecule has 0 bridgehead atoms. The predicted molar refractivity (Wildman–Crippen MR) is 77.6 cm³/mol. The monoisotopic (exact) mass is 299 g/mol. The molecule has 1 fully saturated rings. The van der Waals surface area contributed by atoms with Gasteiger partial charge in [-0.1, -0.05) is 18.7 Å². The fourth-order valence-electron chi connectivity index (χ4n) is 2.43. The fourth-order valence-corrected chi connectivity index (χ4v) is 3.75. The van der Waals surface area contributed by atoms with Crippen LogP contribution in [0.3, 0.4) is 0 Å². The third kappa shape index (κ3) is 2.76. The van der Waals surface area contributed by atoms with Crippen LogP contribution in [0.1, 0.15) is 26.7 Å². The minimum Gasteiger partial charge on any atom is -0.368 e. The van der Waals surface area contributed by atoms with Crippen molar-refractivity contribution in [2.24, 2.45) is 11.7 Å². The van der Waals surface area contributed by atoms with Gasteiger partial charge in [0.25, 0.3) is 0 Å². The van der Waals surface area contributed by atoms with Gasteiger partial charge in [-0.2, -0.15) is 0 Å². The Bertz CT molecular complexity index is 536. The quantitative estimate of drug-likeness (QED) is 0.583. The summed E-state index contributed by atoms with van der Waals surface area (Å²) in [4.78, 5) is 23.4. The number of aromatic nitrogens is 3. The van der Waals surface area contributed by atoms with Crippen LogP contribution >= 0.6 is 11.8 Å². The summed E-state index contributed by atoms with van der Waals surface area (Å²) in [5, 5.41) is 10.3. The Labute approximate surface area is 121 Å².